The van der Waals surface area contributed by atoms with Crippen molar-refractivity contribution in [3.05, 3.63) is 0 Å². The van der Waals surface area contributed by atoms with E-state index < -0.39 is 5.41 Å². The molecule has 0 saturated heterocycles. The van der Waals surface area contributed by atoms with Crippen molar-refractivity contribution in [2.24, 2.45) is 17.3 Å². The van der Waals surface area contributed by atoms with E-state index >= 15 is 0 Å². The van der Waals surface area contributed by atoms with Crippen LogP contribution < -0.4 is 0 Å². The lowest BCUT2D eigenvalue weighted by molar-refractivity contribution is -0.176. The van der Waals surface area contributed by atoms with Crippen LogP contribution in [0.1, 0.15) is 119 Å². The molecule has 0 spiro atoms. The Morgan fingerprint density at radius 1 is 0.621 bits per heavy atom. The average molecular weight is 413 g/mol. The fourth-order valence-electron chi connectivity index (χ4n) is 3.91. The van der Waals surface area contributed by atoms with E-state index in [-0.39, 0.29) is 23.8 Å². The molecule has 0 fully saturated rings. The van der Waals surface area contributed by atoms with Crippen LogP contribution in [-0.4, -0.2) is 25.2 Å². The monoisotopic (exact) mass is 412 g/mol. The van der Waals surface area contributed by atoms with Gasteiger partial charge in [0.05, 0.1) is 13.2 Å². The minimum absolute atomic E-state index is 0.211. The zero-order valence-corrected chi connectivity index (χ0v) is 20.2. The van der Waals surface area contributed by atoms with Gasteiger partial charge in [0.1, 0.15) is 0 Å². The maximum Gasteiger partial charge on any atom is 0.323 e. The Kier molecular flexibility index (Phi) is 16.1. The van der Waals surface area contributed by atoms with E-state index in [0.29, 0.717) is 26.1 Å². The summed E-state index contributed by atoms with van der Waals surface area (Å²) in [7, 11) is 0. The molecule has 0 aliphatic heterocycles. The highest BCUT2D eigenvalue weighted by atomic mass is 16.6. The molecule has 0 heterocycles. The molecule has 0 aromatic heterocycles. The van der Waals surface area contributed by atoms with Crippen LogP contribution in [0.15, 0.2) is 0 Å². The minimum atomic E-state index is -1.17. The predicted molar refractivity (Wildman–Crippen MR) is 121 cm³/mol. The fraction of sp³-hybridized carbons (Fsp3) is 0.920. The van der Waals surface area contributed by atoms with Crippen molar-refractivity contribution in [1.29, 1.82) is 0 Å². The Balaban J connectivity index is 4.96. The van der Waals surface area contributed by atoms with Gasteiger partial charge in [-0.05, 0) is 37.5 Å². The number of hydrogen-bond donors (Lipinski definition) is 0. The van der Waals surface area contributed by atoms with Crippen molar-refractivity contribution in [3.63, 3.8) is 0 Å². The van der Waals surface area contributed by atoms with Crippen molar-refractivity contribution in [3.8, 4) is 0 Å². The Labute approximate surface area is 180 Å². The molecule has 4 heteroatoms. The average Bonchev–Trinajstić information content (AvgIpc) is 2.65. The van der Waals surface area contributed by atoms with E-state index in [4.69, 9.17) is 9.47 Å². The summed E-state index contributed by atoms with van der Waals surface area (Å²) in [6.45, 7) is 13.3. The largest absolute Gasteiger partial charge is 0.465 e. The van der Waals surface area contributed by atoms with Gasteiger partial charge in [-0.25, -0.2) is 0 Å². The smallest absolute Gasteiger partial charge is 0.323 e. The molecule has 0 bridgehead atoms. The molecular formula is C25H48O4. The first-order valence-electron chi connectivity index (χ1n) is 12.1. The number of ether oxygens (including phenoxy) is 2. The first kappa shape index (κ1) is 27.9. The van der Waals surface area contributed by atoms with E-state index in [1.807, 2.05) is 27.7 Å². The Hall–Kier alpha value is -1.06. The number of hydrogen-bond acceptors (Lipinski definition) is 4. The van der Waals surface area contributed by atoms with Gasteiger partial charge in [0.2, 0.25) is 0 Å². The first-order chi connectivity index (χ1) is 13.8. The second-order valence-electron chi connectivity index (χ2n) is 9.38. The summed E-state index contributed by atoms with van der Waals surface area (Å²) < 4.78 is 11.3. The zero-order chi connectivity index (χ0) is 22.1. The van der Waals surface area contributed by atoms with E-state index in [2.05, 4.69) is 13.8 Å². The topological polar surface area (TPSA) is 52.6 Å². The van der Waals surface area contributed by atoms with Crippen LogP contribution in [0.2, 0.25) is 0 Å². The van der Waals surface area contributed by atoms with Crippen LogP contribution in [0.3, 0.4) is 0 Å². The molecule has 0 unspecified atom stereocenters. The molecule has 0 atom stereocenters. The molecule has 172 valence electrons. The molecule has 0 aliphatic carbocycles. The number of carbonyl (C=O) groups is 2. The summed E-state index contributed by atoms with van der Waals surface area (Å²) in [5.74, 6) is -0.344. The maximum atomic E-state index is 13.1. The SMILES string of the molecule is CCCCCCCOC(=O)C(CC(C)C)(CC(C)C)C(=O)OCCCCCCC. The second kappa shape index (κ2) is 16.7. The van der Waals surface area contributed by atoms with Gasteiger partial charge in [-0.15, -0.1) is 0 Å². The molecule has 0 saturated carbocycles. The highest BCUT2D eigenvalue weighted by molar-refractivity contribution is 6.00. The van der Waals surface area contributed by atoms with E-state index in [1.54, 1.807) is 0 Å². The Morgan fingerprint density at radius 2 is 0.966 bits per heavy atom. The Bertz CT molecular complexity index is 389. The molecule has 0 aromatic rings. The van der Waals surface area contributed by atoms with Gasteiger partial charge >= 0.3 is 11.9 Å². The van der Waals surface area contributed by atoms with Gasteiger partial charge in [0, 0.05) is 0 Å². The van der Waals surface area contributed by atoms with Crippen molar-refractivity contribution in [2.45, 2.75) is 119 Å². The van der Waals surface area contributed by atoms with Crippen molar-refractivity contribution >= 4 is 11.9 Å². The van der Waals surface area contributed by atoms with Crippen molar-refractivity contribution in [2.75, 3.05) is 13.2 Å². The maximum absolute atomic E-state index is 13.1. The summed E-state index contributed by atoms with van der Waals surface area (Å²) >= 11 is 0. The van der Waals surface area contributed by atoms with Crippen LogP contribution >= 0.6 is 0 Å². The third-order valence-electron chi connectivity index (χ3n) is 5.26. The summed E-state index contributed by atoms with van der Waals surface area (Å²) in [5, 5.41) is 0. The van der Waals surface area contributed by atoms with Crippen LogP contribution in [0.4, 0.5) is 0 Å². The molecule has 29 heavy (non-hydrogen) atoms. The first-order valence-corrected chi connectivity index (χ1v) is 12.1. The van der Waals surface area contributed by atoms with Gasteiger partial charge in [-0.1, -0.05) is 92.9 Å². The lowest BCUT2D eigenvalue weighted by Crippen LogP contribution is -2.44. The quantitative estimate of drug-likeness (QED) is 0.137. The minimum Gasteiger partial charge on any atom is -0.465 e. The second-order valence-corrected chi connectivity index (χ2v) is 9.38. The lowest BCUT2D eigenvalue weighted by Gasteiger charge is -2.32. The molecule has 0 aromatic carbocycles. The normalized spacial score (nSPS) is 11.9. The van der Waals surface area contributed by atoms with Gasteiger partial charge in [0.15, 0.2) is 5.41 Å². The number of esters is 2. The molecule has 0 rings (SSSR count). The molecule has 0 radical (unpaired) electrons. The molecule has 0 N–H and O–H groups in total. The van der Waals surface area contributed by atoms with Crippen molar-refractivity contribution < 1.29 is 19.1 Å². The van der Waals surface area contributed by atoms with Crippen LogP contribution in [0, 0.1) is 17.3 Å². The summed E-state index contributed by atoms with van der Waals surface area (Å²) in [4.78, 5) is 26.2. The zero-order valence-electron chi connectivity index (χ0n) is 20.2. The summed E-state index contributed by atoms with van der Waals surface area (Å²) in [6.07, 6.45) is 11.9. The lowest BCUT2D eigenvalue weighted by atomic mass is 9.74. The number of rotatable bonds is 18. The standard InChI is InChI=1S/C25H48O4/c1-7-9-11-13-15-17-28-23(26)25(19-21(3)4,20-22(5)6)24(27)29-18-16-14-12-10-8-2/h21-22H,7-20H2,1-6H3. The third kappa shape index (κ3) is 12.3. The van der Waals surface area contributed by atoms with Gasteiger partial charge in [-0.3, -0.25) is 9.59 Å². The number of carbonyl (C=O) groups excluding carboxylic acids is 2. The van der Waals surface area contributed by atoms with Crippen molar-refractivity contribution in [1.82, 2.24) is 0 Å². The fourth-order valence-corrected chi connectivity index (χ4v) is 3.91. The summed E-state index contributed by atoms with van der Waals surface area (Å²) in [5.41, 5.74) is -1.17. The van der Waals surface area contributed by atoms with E-state index in [9.17, 15) is 9.59 Å². The molecule has 0 amide bonds. The van der Waals surface area contributed by atoms with E-state index in [1.165, 1.54) is 25.7 Å². The van der Waals surface area contributed by atoms with Crippen LogP contribution in [-0.2, 0) is 19.1 Å². The number of unbranched alkanes of at least 4 members (excludes halogenated alkanes) is 8. The van der Waals surface area contributed by atoms with Crippen LogP contribution in [0.5, 0.6) is 0 Å². The molecule has 0 aliphatic rings. The van der Waals surface area contributed by atoms with E-state index in [0.717, 1.165) is 38.5 Å². The Morgan fingerprint density at radius 3 is 1.28 bits per heavy atom. The highest BCUT2D eigenvalue weighted by Gasteiger charge is 2.49. The third-order valence-corrected chi connectivity index (χ3v) is 5.26. The molecular weight excluding hydrogens is 364 g/mol. The van der Waals surface area contributed by atoms with Crippen LogP contribution in [0.25, 0.3) is 0 Å². The highest BCUT2D eigenvalue weighted by Crippen LogP contribution is 2.37. The van der Waals surface area contributed by atoms with Gasteiger partial charge < -0.3 is 9.47 Å². The van der Waals surface area contributed by atoms with Gasteiger partial charge in [0.25, 0.3) is 0 Å². The molecule has 4 nitrogen and oxygen atoms in total. The predicted octanol–water partition coefficient (Wildman–Crippen LogP) is 7.09. The van der Waals surface area contributed by atoms with Gasteiger partial charge in [-0.2, -0.15) is 0 Å². The summed E-state index contributed by atoms with van der Waals surface area (Å²) in [6, 6.07) is 0.